The Morgan fingerprint density at radius 3 is 2.24 bits per heavy atom. The number of benzene rings is 2. The predicted molar refractivity (Wildman–Crippen MR) is 125 cm³/mol. The van der Waals surface area contributed by atoms with Crippen LogP contribution >= 0.6 is 0 Å². The number of urea groups is 1. The fraction of sp³-hybridized carbons (Fsp3) is 0.391. The summed E-state index contributed by atoms with van der Waals surface area (Å²) in [4.78, 5) is 37.2. The van der Waals surface area contributed by atoms with Gasteiger partial charge in [-0.15, -0.1) is 0 Å². The molecule has 0 aliphatic carbocycles. The van der Waals surface area contributed by atoms with E-state index in [2.05, 4.69) is 10.6 Å². The van der Waals surface area contributed by atoms with Gasteiger partial charge in [-0.2, -0.15) is 0 Å². The molecule has 0 aliphatic heterocycles. The zero-order valence-electron chi connectivity index (χ0n) is 19.5. The van der Waals surface area contributed by atoms with Crippen LogP contribution in [0, 0.1) is 16.0 Å². The summed E-state index contributed by atoms with van der Waals surface area (Å²) in [5.74, 6) is 0.885. The van der Waals surface area contributed by atoms with E-state index in [9.17, 15) is 19.7 Å². The van der Waals surface area contributed by atoms with E-state index < -0.39 is 17.0 Å². The van der Waals surface area contributed by atoms with Gasteiger partial charge in [0.15, 0.2) is 11.5 Å². The number of non-ortho nitro benzene ring substituents is 1. The Bertz CT molecular complexity index is 977. The van der Waals surface area contributed by atoms with Gasteiger partial charge < -0.3 is 25.0 Å². The number of hydrogen-bond acceptors (Lipinski definition) is 6. The molecule has 3 amide bonds. The molecule has 0 aromatic heterocycles. The van der Waals surface area contributed by atoms with Crippen LogP contribution in [0.25, 0.3) is 0 Å². The first-order valence-corrected chi connectivity index (χ1v) is 10.4. The van der Waals surface area contributed by atoms with E-state index in [1.807, 2.05) is 32.0 Å². The van der Waals surface area contributed by atoms with Crippen molar-refractivity contribution in [3.8, 4) is 11.5 Å². The van der Waals surface area contributed by atoms with Gasteiger partial charge >= 0.3 is 6.03 Å². The summed E-state index contributed by atoms with van der Waals surface area (Å²) < 4.78 is 10.6. The topological polar surface area (TPSA) is 123 Å². The van der Waals surface area contributed by atoms with Gasteiger partial charge in [0.2, 0.25) is 5.91 Å². The van der Waals surface area contributed by atoms with Crippen LogP contribution < -0.4 is 20.1 Å². The number of nitrogens with one attached hydrogen (secondary N) is 2. The summed E-state index contributed by atoms with van der Waals surface area (Å²) >= 11 is 0. The SMILES string of the molecule is COc1ccc(CCN(C)C(=O)C(NC(=O)Nc2ccc([N+](=O)[O-])cc2)C(C)C)cc1OC. The second kappa shape index (κ2) is 11.7. The summed E-state index contributed by atoms with van der Waals surface area (Å²) in [6.07, 6.45) is 0.600. The van der Waals surface area contributed by atoms with E-state index >= 15 is 0 Å². The zero-order chi connectivity index (χ0) is 24.5. The molecule has 2 rings (SSSR count). The van der Waals surface area contributed by atoms with E-state index in [1.165, 1.54) is 24.3 Å². The summed E-state index contributed by atoms with van der Waals surface area (Å²) in [5.41, 5.74) is 1.29. The molecule has 2 aromatic carbocycles. The third-order valence-corrected chi connectivity index (χ3v) is 5.12. The van der Waals surface area contributed by atoms with Gasteiger partial charge in [0.05, 0.1) is 19.1 Å². The average Bonchev–Trinajstić information content (AvgIpc) is 2.80. The largest absolute Gasteiger partial charge is 0.493 e. The molecule has 0 radical (unpaired) electrons. The molecule has 0 saturated carbocycles. The Kier molecular flexibility index (Phi) is 9.02. The van der Waals surface area contributed by atoms with E-state index in [1.54, 1.807) is 26.2 Å². The zero-order valence-corrected chi connectivity index (χ0v) is 19.5. The highest BCUT2D eigenvalue weighted by molar-refractivity contribution is 5.93. The molecule has 0 bridgehead atoms. The number of nitro benzene ring substituents is 1. The number of carbonyl (C=O) groups is 2. The standard InChI is InChI=1S/C23H30N4O6/c1-15(2)21(25-23(29)24-17-7-9-18(10-8-17)27(30)31)22(28)26(3)13-12-16-6-11-19(32-4)20(14-16)33-5/h6-11,14-15,21H,12-13H2,1-5H3,(H2,24,25,29). The van der Waals surface area contributed by atoms with Crippen LogP contribution in [0.15, 0.2) is 42.5 Å². The number of carbonyl (C=O) groups excluding carboxylic acids is 2. The molecule has 0 fully saturated rings. The van der Waals surface area contributed by atoms with Crippen molar-refractivity contribution >= 4 is 23.3 Å². The van der Waals surface area contributed by atoms with Crippen LogP contribution in [-0.2, 0) is 11.2 Å². The molecule has 2 N–H and O–H groups in total. The Labute approximate surface area is 193 Å². The molecular formula is C23H30N4O6. The highest BCUT2D eigenvalue weighted by Gasteiger charge is 2.27. The van der Waals surface area contributed by atoms with Crippen LogP contribution in [0.3, 0.4) is 0 Å². The van der Waals surface area contributed by atoms with Crippen molar-refractivity contribution in [3.63, 3.8) is 0 Å². The van der Waals surface area contributed by atoms with Crippen LogP contribution in [0.1, 0.15) is 19.4 Å². The lowest BCUT2D eigenvalue weighted by atomic mass is 10.0. The summed E-state index contributed by atoms with van der Waals surface area (Å²) in [6, 6.07) is 9.74. The maximum absolute atomic E-state index is 13.0. The third kappa shape index (κ3) is 7.09. The lowest BCUT2D eigenvalue weighted by Crippen LogP contribution is -2.51. The van der Waals surface area contributed by atoms with Gasteiger partial charge in [-0.3, -0.25) is 14.9 Å². The quantitative estimate of drug-likeness (QED) is 0.415. The number of hydrogen-bond donors (Lipinski definition) is 2. The Hall–Kier alpha value is -3.82. The number of ether oxygens (including phenoxy) is 2. The minimum Gasteiger partial charge on any atom is -0.493 e. The van der Waals surface area contributed by atoms with E-state index in [4.69, 9.17) is 9.47 Å². The lowest BCUT2D eigenvalue weighted by Gasteiger charge is -2.27. The first kappa shape index (κ1) is 25.4. The van der Waals surface area contributed by atoms with Crippen LogP contribution in [0.4, 0.5) is 16.2 Å². The first-order chi connectivity index (χ1) is 15.7. The van der Waals surface area contributed by atoms with Crippen molar-refractivity contribution in [2.75, 3.05) is 33.1 Å². The molecule has 0 spiro atoms. The molecule has 0 saturated heterocycles. The Balaban J connectivity index is 1.97. The van der Waals surface area contributed by atoms with Crippen LogP contribution in [0.5, 0.6) is 11.5 Å². The molecule has 178 valence electrons. The maximum Gasteiger partial charge on any atom is 0.319 e. The number of methoxy groups -OCH3 is 2. The van der Waals surface area contributed by atoms with Crippen molar-refractivity contribution in [1.29, 1.82) is 0 Å². The highest BCUT2D eigenvalue weighted by atomic mass is 16.6. The molecule has 0 heterocycles. The number of nitrogens with zero attached hydrogens (tertiary/aromatic N) is 2. The molecule has 10 heteroatoms. The highest BCUT2D eigenvalue weighted by Crippen LogP contribution is 2.27. The molecule has 2 aromatic rings. The van der Waals surface area contributed by atoms with Gasteiger partial charge in [-0.1, -0.05) is 19.9 Å². The van der Waals surface area contributed by atoms with Crippen molar-refractivity contribution in [2.24, 2.45) is 5.92 Å². The number of amides is 3. The van der Waals surface area contributed by atoms with Gasteiger partial charge in [-0.05, 0) is 42.2 Å². The van der Waals surface area contributed by atoms with Gasteiger partial charge in [0, 0.05) is 31.4 Å². The van der Waals surface area contributed by atoms with Gasteiger partial charge in [0.25, 0.3) is 5.69 Å². The fourth-order valence-electron chi connectivity index (χ4n) is 3.17. The molecule has 1 atom stereocenters. The maximum atomic E-state index is 13.0. The molecule has 10 nitrogen and oxygen atoms in total. The Morgan fingerprint density at radius 2 is 1.70 bits per heavy atom. The van der Waals surface area contributed by atoms with Gasteiger partial charge in [-0.25, -0.2) is 4.79 Å². The monoisotopic (exact) mass is 458 g/mol. The summed E-state index contributed by atoms with van der Waals surface area (Å²) in [7, 11) is 4.83. The lowest BCUT2D eigenvalue weighted by molar-refractivity contribution is -0.384. The third-order valence-electron chi connectivity index (χ3n) is 5.12. The van der Waals surface area contributed by atoms with E-state index in [0.29, 0.717) is 30.2 Å². The molecular weight excluding hydrogens is 428 g/mol. The second-order valence-electron chi connectivity index (χ2n) is 7.82. The minimum absolute atomic E-state index is 0.0766. The number of rotatable bonds is 10. The number of nitro groups is 1. The smallest absolute Gasteiger partial charge is 0.319 e. The molecule has 0 aliphatic rings. The van der Waals surface area contributed by atoms with Crippen molar-refractivity contribution in [2.45, 2.75) is 26.3 Å². The fourth-order valence-corrected chi connectivity index (χ4v) is 3.17. The number of anilines is 1. The molecule has 33 heavy (non-hydrogen) atoms. The molecule has 1 unspecified atom stereocenters. The first-order valence-electron chi connectivity index (χ1n) is 10.4. The predicted octanol–water partition coefficient (Wildman–Crippen LogP) is 3.46. The van der Waals surface area contributed by atoms with Crippen molar-refractivity contribution < 1.29 is 24.0 Å². The minimum atomic E-state index is -0.738. The Morgan fingerprint density at radius 1 is 1.06 bits per heavy atom. The van der Waals surface area contributed by atoms with E-state index in [-0.39, 0.29) is 17.5 Å². The van der Waals surface area contributed by atoms with Crippen LogP contribution in [0.2, 0.25) is 0 Å². The van der Waals surface area contributed by atoms with E-state index in [0.717, 1.165) is 5.56 Å². The van der Waals surface area contributed by atoms with Crippen molar-refractivity contribution in [3.05, 3.63) is 58.1 Å². The van der Waals surface area contributed by atoms with Gasteiger partial charge in [0.1, 0.15) is 6.04 Å². The average molecular weight is 459 g/mol. The van der Waals surface area contributed by atoms with Crippen molar-refractivity contribution in [1.82, 2.24) is 10.2 Å². The summed E-state index contributed by atoms with van der Waals surface area (Å²) in [6.45, 7) is 4.14. The summed E-state index contributed by atoms with van der Waals surface area (Å²) in [5, 5.41) is 16.1. The normalized spacial score (nSPS) is 11.5. The number of likely N-dealkylation sites (N-methyl/N-ethyl adjacent to an activating group) is 1. The second-order valence-corrected chi connectivity index (χ2v) is 7.82. The van der Waals surface area contributed by atoms with Crippen LogP contribution in [-0.4, -0.2) is 55.6 Å².